The fourth-order valence-electron chi connectivity index (χ4n) is 2.39. The van der Waals surface area contributed by atoms with Gasteiger partial charge in [0.2, 0.25) is 5.91 Å². The highest BCUT2D eigenvalue weighted by molar-refractivity contribution is 5.92. The van der Waals surface area contributed by atoms with Crippen LogP contribution in [0.5, 0.6) is 5.75 Å². The second-order valence-corrected chi connectivity index (χ2v) is 5.70. The molecule has 0 aliphatic heterocycles. The molecule has 0 aliphatic rings. The lowest BCUT2D eigenvalue weighted by Gasteiger charge is -2.10. The number of methoxy groups -OCH3 is 1. The van der Waals surface area contributed by atoms with Crippen LogP contribution in [0.4, 0.5) is 11.4 Å². The maximum atomic E-state index is 12.0. The highest BCUT2D eigenvalue weighted by Gasteiger charge is 2.13. The van der Waals surface area contributed by atoms with Gasteiger partial charge in [-0.25, -0.2) is 0 Å². The molecule has 0 spiro atoms. The molecular weight excluding hydrogens is 328 g/mol. The number of hydrogen-bond acceptors (Lipinski definition) is 5. The Morgan fingerprint density at radius 3 is 2.28 bits per heavy atom. The van der Waals surface area contributed by atoms with Crippen LogP contribution in [0.1, 0.15) is 51.4 Å². The molecule has 138 valence electrons. The molecule has 0 atom stereocenters. The minimum absolute atomic E-state index is 0.113. The predicted octanol–water partition coefficient (Wildman–Crippen LogP) is 3.75. The third-order valence-electron chi connectivity index (χ3n) is 3.71. The number of amides is 1. The molecule has 1 aromatic rings. The standard InChI is InChI=1S/C17H24N2O6/c1-25-15-11-10-13(19(23)24)12-14(15)18-16(20)8-6-4-2-3-5-7-9-17(21)22/h10-12H,2-9H2,1H3,(H,18,20)(H,21,22). The van der Waals surface area contributed by atoms with Crippen LogP contribution in [0.2, 0.25) is 0 Å². The van der Waals surface area contributed by atoms with Gasteiger partial charge in [-0.05, 0) is 18.9 Å². The topological polar surface area (TPSA) is 119 Å². The Balaban J connectivity index is 2.31. The Morgan fingerprint density at radius 2 is 1.72 bits per heavy atom. The summed E-state index contributed by atoms with van der Waals surface area (Å²) in [5.74, 6) is -0.615. The predicted molar refractivity (Wildman–Crippen MR) is 92.8 cm³/mol. The molecule has 0 saturated carbocycles. The van der Waals surface area contributed by atoms with Crippen molar-refractivity contribution in [3.63, 3.8) is 0 Å². The number of carboxylic acids is 1. The lowest BCUT2D eigenvalue weighted by molar-refractivity contribution is -0.384. The molecule has 8 nitrogen and oxygen atoms in total. The summed E-state index contributed by atoms with van der Waals surface area (Å²) in [7, 11) is 1.43. The van der Waals surface area contributed by atoms with Crippen molar-refractivity contribution in [2.24, 2.45) is 0 Å². The molecule has 0 unspecified atom stereocenters. The van der Waals surface area contributed by atoms with E-state index in [9.17, 15) is 19.7 Å². The van der Waals surface area contributed by atoms with E-state index in [1.165, 1.54) is 25.3 Å². The summed E-state index contributed by atoms with van der Waals surface area (Å²) in [6.07, 6.45) is 5.58. The molecule has 1 amide bonds. The first-order valence-electron chi connectivity index (χ1n) is 8.28. The van der Waals surface area contributed by atoms with Crippen molar-refractivity contribution in [3.8, 4) is 5.75 Å². The average Bonchev–Trinajstić information content (AvgIpc) is 2.56. The van der Waals surface area contributed by atoms with E-state index < -0.39 is 10.9 Å². The van der Waals surface area contributed by atoms with E-state index >= 15 is 0 Å². The van der Waals surface area contributed by atoms with Crippen molar-refractivity contribution in [2.45, 2.75) is 51.4 Å². The van der Waals surface area contributed by atoms with Gasteiger partial charge in [0, 0.05) is 25.0 Å². The fraction of sp³-hybridized carbons (Fsp3) is 0.529. The van der Waals surface area contributed by atoms with E-state index in [1.807, 2.05) is 0 Å². The number of carbonyl (C=O) groups is 2. The first-order valence-corrected chi connectivity index (χ1v) is 8.28. The quantitative estimate of drug-likeness (QED) is 0.336. The number of nitro benzene ring substituents is 1. The van der Waals surface area contributed by atoms with Gasteiger partial charge in [-0.15, -0.1) is 0 Å². The summed E-state index contributed by atoms with van der Waals surface area (Å²) in [5, 5.41) is 22.0. The SMILES string of the molecule is COc1ccc([N+](=O)[O-])cc1NC(=O)CCCCCCCCC(=O)O. The number of rotatable bonds is 12. The molecule has 0 aliphatic carbocycles. The minimum atomic E-state index is -0.770. The lowest BCUT2D eigenvalue weighted by atomic mass is 10.1. The number of carboxylic acid groups (broad SMARTS) is 1. The molecule has 1 rings (SSSR count). The van der Waals surface area contributed by atoms with Crippen LogP contribution < -0.4 is 10.1 Å². The first-order chi connectivity index (χ1) is 11.9. The van der Waals surface area contributed by atoms with Crippen molar-refractivity contribution in [2.75, 3.05) is 12.4 Å². The number of hydrogen-bond donors (Lipinski definition) is 2. The summed E-state index contributed by atoms with van der Waals surface area (Å²) in [4.78, 5) is 32.6. The molecular formula is C17H24N2O6. The number of ether oxygens (including phenoxy) is 1. The van der Waals surface area contributed by atoms with E-state index in [2.05, 4.69) is 5.32 Å². The number of aliphatic carboxylic acids is 1. The smallest absolute Gasteiger partial charge is 0.303 e. The Hall–Kier alpha value is -2.64. The number of nitrogens with zero attached hydrogens (tertiary/aromatic N) is 1. The number of unbranched alkanes of at least 4 members (excludes halogenated alkanes) is 5. The summed E-state index contributed by atoms with van der Waals surface area (Å²) >= 11 is 0. The van der Waals surface area contributed by atoms with E-state index in [1.54, 1.807) is 0 Å². The van der Waals surface area contributed by atoms with Crippen molar-refractivity contribution < 1.29 is 24.4 Å². The second-order valence-electron chi connectivity index (χ2n) is 5.70. The van der Waals surface area contributed by atoms with Gasteiger partial charge in [-0.1, -0.05) is 25.7 Å². The monoisotopic (exact) mass is 352 g/mol. The molecule has 25 heavy (non-hydrogen) atoms. The average molecular weight is 352 g/mol. The van der Waals surface area contributed by atoms with Gasteiger partial charge in [0.25, 0.3) is 5.69 Å². The van der Waals surface area contributed by atoms with Crippen LogP contribution in [0.25, 0.3) is 0 Å². The van der Waals surface area contributed by atoms with Gasteiger partial charge in [-0.3, -0.25) is 19.7 Å². The zero-order valence-corrected chi connectivity index (χ0v) is 14.3. The number of carbonyl (C=O) groups excluding carboxylic acids is 1. The zero-order valence-electron chi connectivity index (χ0n) is 14.3. The van der Waals surface area contributed by atoms with Gasteiger partial charge in [-0.2, -0.15) is 0 Å². The van der Waals surface area contributed by atoms with Crippen LogP contribution in [-0.4, -0.2) is 29.0 Å². The highest BCUT2D eigenvalue weighted by Crippen LogP contribution is 2.29. The third kappa shape index (κ3) is 8.14. The van der Waals surface area contributed by atoms with Crippen LogP contribution in [0.3, 0.4) is 0 Å². The van der Waals surface area contributed by atoms with Gasteiger partial charge >= 0.3 is 5.97 Å². The third-order valence-corrected chi connectivity index (χ3v) is 3.71. The Kier molecular flexibility index (Phi) is 8.99. The van der Waals surface area contributed by atoms with Gasteiger partial charge < -0.3 is 15.2 Å². The highest BCUT2D eigenvalue weighted by atomic mass is 16.6. The van der Waals surface area contributed by atoms with Gasteiger partial charge in [0.1, 0.15) is 5.75 Å². The van der Waals surface area contributed by atoms with Crippen LogP contribution in [-0.2, 0) is 9.59 Å². The van der Waals surface area contributed by atoms with E-state index in [0.29, 0.717) is 25.0 Å². The number of anilines is 1. The zero-order chi connectivity index (χ0) is 18.7. The fourth-order valence-corrected chi connectivity index (χ4v) is 2.39. The number of non-ortho nitro benzene ring substituents is 1. The van der Waals surface area contributed by atoms with Gasteiger partial charge in [0.05, 0.1) is 17.7 Å². The number of benzene rings is 1. The molecule has 0 heterocycles. The maximum Gasteiger partial charge on any atom is 0.303 e. The van der Waals surface area contributed by atoms with Crippen LogP contribution in [0, 0.1) is 10.1 Å². The largest absolute Gasteiger partial charge is 0.495 e. The van der Waals surface area contributed by atoms with Crippen LogP contribution >= 0.6 is 0 Å². The molecule has 0 radical (unpaired) electrons. The van der Waals surface area contributed by atoms with E-state index in [-0.39, 0.29) is 23.7 Å². The van der Waals surface area contributed by atoms with E-state index in [4.69, 9.17) is 9.84 Å². The lowest BCUT2D eigenvalue weighted by Crippen LogP contribution is -2.12. The van der Waals surface area contributed by atoms with E-state index in [0.717, 1.165) is 25.7 Å². The summed E-state index contributed by atoms with van der Waals surface area (Å²) < 4.78 is 5.10. The number of nitro groups is 1. The Morgan fingerprint density at radius 1 is 1.12 bits per heavy atom. The number of nitrogens with one attached hydrogen (secondary N) is 1. The summed E-state index contributed by atoms with van der Waals surface area (Å²) in [6, 6.07) is 4.04. The van der Waals surface area contributed by atoms with Crippen molar-refractivity contribution in [1.29, 1.82) is 0 Å². The van der Waals surface area contributed by atoms with Gasteiger partial charge in [0.15, 0.2) is 0 Å². The molecule has 0 fully saturated rings. The molecule has 8 heteroatoms. The Labute approximate surface area is 146 Å². The normalized spacial score (nSPS) is 10.3. The molecule has 2 N–H and O–H groups in total. The second kappa shape index (κ2) is 11.0. The molecule has 0 aromatic heterocycles. The minimum Gasteiger partial charge on any atom is -0.495 e. The van der Waals surface area contributed by atoms with Crippen molar-refractivity contribution >= 4 is 23.3 Å². The summed E-state index contributed by atoms with van der Waals surface area (Å²) in [6.45, 7) is 0. The van der Waals surface area contributed by atoms with Crippen molar-refractivity contribution in [1.82, 2.24) is 0 Å². The molecule has 0 bridgehead atoms. The summed E-state index contributed by atoms with van der Waals surface area (Å²) in [5.41, 5.74) is 0.174. The molecule has 1 aromatic carbocycles. The molecule has 0 saturated heterocycles. The van der Waals surface area contributed by atoms with Crippen LogP contribution in [0.15, 0.2) is 18.2 Å². The maximum absolute atomic E-state index is 12.0. The first kappa shape index (κ1) is 20.4. The Bertz CT molecular complexity index is 603. The van der Waals surface area contributed by atoms with Crippen molar-refractivity contribution in [3.05, 3.63) is 28.3 Å².